The molecule has 0 saturated carbocycles. The van der Waals surface area contributed by atoms with E-state index in [9.17, 15) is 27.6 Å². The van der Waals surface area contributed by atoms with E-state index in [1.807, 2.05) is 32.2 Å². The third-order valence-electron chi connectivity index (χ3n) is 9.57. The number of benzene rings is 3. The number of hydrogen-bond acceptors (Lipinski definition) is 12. The van der Waals surface area contributed by atoms with Crippen molar-refractivity contribution >= 4 is 67.8 Å². The summed E-state index contributed by atoms with van der Waals surface area (Å²) < 4.78 is 32.1. The molecule has 5 aromatic rings. The minimum atomic E-state index is -4.23. The van der Waals surface area contributed by atoms with Crippen molar-refractivity contribution in [2.24, 2.45) is 17.9 Å². The van der Waals surface area contributed by atoms with Crippen LogP contribution in [-0.4, -0.2) is 83.2 Å². The number of primary sulfonamides is 1. The number of hydrogen-bond donors (Lipinski definition) is 5. The van der Waals surface area contributed by atoms with Gasteiger partial charge in [0.2, 0.25) is 33.7 Å². The summed E-state index contributed by atoms with van der Waals surface area (Å²) in [5.41, 5.74) is 9.60. The number of aromatic nitrogens is 4. The number of sulfonamides is 1. The second kappa shape index (κ2) is 18.2. The van der Waals surface area contributed by atoms with Gasteiger partial charge in [-0.05, 0) is 86.3 Å². The zero-order chi connectivity index (χ0) is 42.3. The van der Waals surface area contributed by atoms with Crippen LogP contribution in [0.1, 0.15) is 42.5 Å². The van der Waals surface area contributed by atoms with E-state index >= 15 is 0 Å². The maximum absolute atomic E-state index is 14.4. The summed E-state index contributed by atoms with van der Waals surface area (Å²) in [4.78, 5) is 63.9. The molecular formula is C39H46N10O8S. The van der Waals surface area contributed by atoms with E-state index in [0.717, 1.165) is 32.7 Å². The Balaban J connectivity index is 1.46. The van der Waals surface area contributed by atoms with E-state index in [1.165, 1.54) is 31.5 Å². The van der Waals surface area contributed by atoms with Crippen molar-refractivity contribution in [1.82, 2.24) is 30.4 Å². The first-order chi connectivity index (χ1) is 27.5. The van der Waals surface area contributed by atoms with Gasteiger partial charge in [0.1, 0.15) is 17.6 Å². The number of nitrogens with two attached hydrogens (primary N) is 2. The van der Waals surface area contributed by atoms with Gasteiger partial charge in [0.15, 0.2) is 0 Å². The van der Waals surface area contributed by atoms with Crippen LogP contribution in [0.4, 0.5) is 23.1 Å². The smallest absolute Gasteiger partial charge is 0.303 e. The normalized spacial score (nSPS) is 12.4. The molecule has 0 spiro atoms. The lowest BCUT2D eigenvalue weighted by Crippen LogP contribution is -2.51. The quantitative estimate of drug-likeness (QED) is 0.0906. The van der Waals surface area contributed by atoms with Crippen LogP contribution >= 0.6 is 0 Å². The van der Waals surface area contributed by atoms with E-state index in [0.29, 0.717) is 17.1 Å². The third-order valence-corrected chi connectivity index (χ3v) is 10.6. The van der Waals surface area contributed by atoms with Gasteiger partial charge >= 0.3 is 5.97 Å². The minimum absolute atomic E-state index is 0.0705. The number of fused-ring (bicyclic) bond motifs is 1. The fraction of sp³-hybridized carbons (Fsp3) is 0.308. The molecule has 19 heteroatoms. The van der Waals surface area contributed by atoms with Crippen LogP contribution in [0, 0.1) is 13.8 Å². The summed E-state index contributed by atoms with van der Waals surface area (Å²) in [5, 5.41) is 25.5. The fourth-order valence-corrected chi connectivity index (χ4v) is 6.89. The first-order valence-corrected chi connectivity index (χ1v) is 19.7. The minimum Gasteiger partial charge on any atom is -0.497 e. The molecule has 2 heterocycles. The molecule has 0 bridgehead atoms. The molecule has 306 valence electrons. The average Bonchev–Trinajstić information content (AvgIpc) is 3.49. The molecule has 5 rings (SSSR count). The number of carboxylic acid groups (broad SMARTS) is 1. The lowest BCUT2D eigenvalue weighted by molar-refractivity contribution is -0.137. The highest BCUT2D eigenvalue weighted by atomic mass is 32.2. The molecule has 58 heavy (non-hydrogen) atoms. The van der Waals surface area contributed by atoms with Crippen molar-refractivity contribution in [2.45, 2.75) is 63.1 Å². The van der Waals surface area contributed by atoms with E-state index in [4.69, 9.17) is 25.7 Å². The molecule has 0 radical (unpaired) electrons. The maximum atomic E-state index is 14.4. The zero-order valence-corrected chi connectivity index (χ0v) is 33.5. The molecule has 2 atom stereocenters. The number of nitrogens with zero attached hydrogens (tertiary/aromatic N) is 6. The van der Waals surface area contributed by atoms with Gasteiger partial charge < -0.3 is 31.1 Å². The van der Waals surface area contributed by atoms with E-state index in [1.54, 1.807) is 53.9 Å². The molecule has 3 amide bonds. The van der Waals surface area contributed by atoms with Crippen LogP contribution in [0.25, 0.3) is 10.9 Å². The van der Waals surface area contributed by atoms with Crippen LogP contribution in [-0.2, 0) is 42.8 Å². The van der Waals surface area contributed by atoms with Gasteiger partial charge in [-0.3, -0.25) is 23.9 Å². The van der Waals surface area contributed by atoms with Crippen LogP contribution in [0.3, 0.4) is 0 Å². The van der Waals surface area contributed by atoms with Crippen LogP contribution in [0.5, 0.6) is 5.75 Å². The number of carbonyl (C=O) groups is 4. The number of rotatable bonds is 17. The van der Waals surface area contributed by atoms with E-state index in [2.05, 4.69) is 20.7 Å². The molecule has 0 aliphatic heterocycles. The van der Waals surface area contributed by atoms with Gasteiger partial charge in [0, 0.05) is 56.4 Å². The summed E-state index contributed by atoms with van der Waals surface area (Å²) in [6, 6.07) is 16.0. The highest BCUT2D eigenvalue weighted by molar-refractivity contribution is 7.89. The highest BCUT2D eigenvalue weighted by Gasteiger charge is 2.29. The van der Waals surface area contributed by atoms with Gasteiger partial charge in [-0.15, -0.1) is 0 Å². The lowest BCUT2D eigenvalue weighted by Gasteiger charge is -2.25. The first-order valence-electron chi connectivity index (χ1n) is 18.1. The topological polar surface area (TPSA) is 258 Å². The zero-order valence-electron chi connectivity index (χ0n) is 32.7. The number of aryl methyl sites for hydroxylation is 3. The summed E-state index contributed by atoms with van der Waals surface area (Å²) in [5.74, 6) is -2.35. The van der Waals surface area contributed by atoms with Gasteiger partial charge in [0.05, 0.1) is 29.3 Å². The van der Waals surface area contributed by atoms with Crippen LogP contribution in [0.2, 0.25) is 0 Å². The van der Waals surface area contributed by atoms with Crippen molar-refractivity contribution in [3.63, 3.8) is 0 Å². The number of ether oxygens (including phenoxy) is 1. The van der Waals surface area contributed by atoms with Crippen LogP contribution < -0.4 is 36.0 Å². The van der Waals surface area contributed by atoms with Crippen molar-refractivity contribution in [1.29, 1.82) is 0 Å². The summed E-state index contributed by atoms with van der Waals surface area (Å²) in [6.45, 7) is 3.59. The highest BCUT2D eigenvalue weighted by Crippen LogP contribution is 2.31. The number of amides is 3. The van der Waals surface area contributed by atoms with Crippen molar-refractivity contribution in [2.75, 3.05) is 24.0 Å². The molecule has 0 unspecified atom stereocenters. The Morgan fingerprint density at radius 3 is 2.33 bits per heavy atom. The Labute approximate surface area is 335 Å². The molecule has 0 fully saturated rings. The maximum Gasteiger partial charge on any atom is 0.303 e. The number of anilines is 4. The summed E-state index contributed by atoms with van der Waals surface area (Å²) in [6.07, 6.45) is 0.242. The van der Waals surface area contributed by atoms with E-state index < -0.39 is 45.8 Å². The Morgan fingerprint density at radius 1 is 0.948 bits per heavy atom. The predicted molar refractivity (Wildman–Crippen MR) is 216 cm³/mol. The Morgan fingerprint density at radius 2 is 1.66 bits per heavy atom. The Bertz CT molecular complexity index is 2440. The molecule has 2 aromatic heterocycles. The van der Waals surface area contributed by atoms with Gasteiger partial charge in [-0.2, -0.15) is 10.1 Å². The molecule has 7 N–H and O–H groups in total. The summed E-state index contributed by atoms with van der Waals surface area (Å²) >= 11 is 0. The molecular weight excluding hydrogens is 769 g/mol. The number of carbonyl (C=O) groups excluding carboxylic acids is 3. The second-order valence-corrected chi connectivity index (χ2v) is 15.1. The SMILES string of the molecule is COc1ccc(CNC(=O)[C@H](CCC(=O)N(c2ccc(C)c(S(N)(=O)=O)c2)c2nccc(N(C)c3ccc4c(C)n(C)nc4c3)n2)NC(=O)[C@@H](N)CCC(=O)O)cc1. The number of methoxy groups -OCH3 is 1. The molecule has 0 saturated heterocycles. The number of carboxylic acids is 1. The van der Waals surface area contributed by atoms with E-state index in [-0.39, 0.29) is 48.8 Å². The van der Waals surface area contributed by atoms with Gasteiger partial charge in [0.25, 0.3) is 0 Å². The van der Waals surface area contributed by atoms with Gasteiger partial charge in [-0.25, -0.2) is 23.4 Å². The monoisotopic (exact) mass is 814 g/mol. The second-order valence-electron chi connectivity index (χ2n) is 13.6. The fourth-order valence-electron chi connectivity index (χ4n) is 6.09. The Hall–Kier alpha value is -6.44. The predicted octanol–water partition coefficient (Wildman–Crippen LogP) is 2.84. The van der Waals surface area contributed by atoms with Gasteiger partial charge in [-0.1, -0.05) is 18.2 Å². The molecule has 0 aliphatic carbocycles. The first kappa shape index (κ1) is 42.7. The summed E-state index contributed by atoms with van der Waals surface area (Å²) in [7, 11) is 0.932. The Kier molecular flexibility index (Phi) is 13.4. The number of aliphatic carboxylic acids is 1. The molecule has 18 nitrogen and oxygen atoms in total. The van der Waals surface area contributed by atoms with Crippen molar-refractivity contribution in [3.05, 3.63) is 89.7 Å². The largest absolute Gasteiger partial charge is 0.497 e. The van der Waals surface area contributed by atoms with Crippen LogP contribution in [0.15, 0.2) is 77.8 Å². The van der Waals surface area contributed by atoms with Crippen molar-refractivity contribution in [3.8, 4) is 5.75 Å². The standard InChI is InChI=1S/C39H46N10O8S/c1-23-6-9-27(21-33(23)58(41,55)56)49(39-42-19-18-34(45-39)47(3)26-10-13-29-24(2)48(4)46-32(29)20-26)35(50)16-15-31(44-37(53)30(40)14-17-36(51)52)38(54)43-22-25-7-11-28(57-5)12-8-25/h6-13,18-21,30-31H,14-17,22,40H2,1-5H3,(H,43,54)(H,44,53)(H,51,52)(H2,41,55,56)/t30-,31-/m0/s1. The average molecular weight is 815 g/mol. The molecule has 3 aromatic carbocycles. The molecule has 0 aliphatic rings. The third kappa shape index (κ3) is 10.3. The van der Waals surface area contributed by atoms with Crippen molar-refractivity contribution < 1.29 is 37.4 Å². The number of nitrogens with one attached hydrogen (secondary N) is 2. The lowest BCUT2D eigenvalue weighted by atomic mass is 10.1.